The van der Waals surface area contributed by atoms with Crippen LogP contribution in [0.3, 0.4) is 0 Å². The van der Waals surface area contributed by atoms with Crippen LogP contribution in [0.5, 0.6) is 0 Å². The molecule has 0 aliphatic rings. The van der Waals surface area contributed by atoms with E-state index < -0.39 is 17.8 Å². The van der Waals surface area contributed by atoms with Gasteiger partial charge in [0.2, 0.25) is 5.91 Å². The molecule has 0 saturated heterocycles. The Labute approximate surface area is 159 Å². The van der Waals surface area contributed by atoms with Gasteiger partial charge in [-0.1, -0.05) is 6.07 Å². The number of rotatable bonds is 7. The number of carbonyl (C=O) groups excluding carboxylic acids is 3. The van der Waals surface area contributed by atoms with Crippen LogP contribution in [0, 0.1) is 6.92 Å². The standard InChI is InChI=1S/C18H20N2O6S/c1-4-25-17(23)14-11(3)15(18(24)26-5-2)27-16(14)19-12(21)10-20-9-7-6-8-13(20)22/h6-9H,4-5,10H2,1-3H3,(H,19,21). The van der Waals surface area contributed by atoms with E-state index in [1.807, 2.05) is 0 Å². The SMILES string of the molecule is CCOC(=O)c1sc(NC(=O)Cn2ccccc2=O)c(C(=O)OCC)c1C. The molecule has 2 heterocycles. The van der Waals surface area contributed by atoms with Crippen LogP contribution in [-0.2, 0) is 20.8 Å². The number of anilines is 1. The Morgan fingerprint density at radius 3 is 2.41 bits per heavy atom. The predicted molar refractivity (Wildman–Crippen MR) is 100 cm³/mol. The lowest BCUT2D eigenvalue weighted by Gasteiger charge is -2.08. The lowest BCUT2D eigenvalue weighted by atomic mass is 10.1. The van der Waals surface area contributed by atoms with Gasteiger partial charge in [-0.25, -0.2) is 9.59 Å². The monoisotopic (exact) mass is 392 g/mol. The van der Waals surface area contributed by atoms with Gasteiger partial charge in [0.1, 0.15) is 16.4 Å². The molecule has 0 fully saturated rings. The number of thiophene rings is 1. The second-order valence-corrected chi connectivity index (χ2v) is 6.44. The average Bonchev–Trinajstić information content (AvgIpc) is 2.93. The summed E-state index contributed by atoms with van der Waals surface area (Å²) in [5.41, 5.74) is 0.163. The first-order valence-corrected chi connectivity index (χ1v) is 9.13. The first kappa shape index (κ1) is 20.4. The van der Waals surface area contributed by atoms with Gasteiger partial charge in [-0.3, -0.25) is 9.59 Å². The zero-order chi connectivity index (χ0) is 20.0. The minimum Gasteiger partial charge on any atom is -0.462 e. The van der Waals surface area contributed by atoms with E-state index in [1.165, 1.54) is 16.8 Å². The molecule has 27 heavy (non-hydrogen) atoms. The van der Waals surface area contributed by atoms with Gasteiger partial charge >= 0.3 is 11.9 Å². The van der Waals surface area contributed by atoms with Crippen molar-refractivity contribution >= 4 is 34.2 Å². The van der Waals surface area contributed by atoms with Gasteiger partial charge in [-0.15, -0.1) is 11.3 Å². The molecule has 144 valence electrons. The van der Waals surface area contributed by atoms with Crippen LogP contribution in [-0.4, -0.2) is 35.6 Å². The summed E-state index contributed by atoms with van der Waals surface area (Å²) in [5.74, 6) is -1.73. The summed E-state index contributed by atoms with van der Waals surface area (Å²) in [6, 6.07) is 4.54. The third-order valence-corrected chi connectivity index (χ3v) is 4.74. The molecule has 0 spiro atoms. The first-order valence-electron chi connectivity index (χ1n) is 8.31. The first-order chi connectivity index (χ1) is 12.9. The second kappa shape index (κ2) is 9.13. The van der Waals surface area contributed by atoms with Crippen LogP contribution in [0.2, 0.25) is 0 Å². The fraction of sp³-hybridized carbons (Fsp3) is 0.333. The van der Waals surface area contributed by atoms with Gasteiger partial charge in [0, 0.05) is 12.3 Å². The Morgan fingerprint density at radius 2 is 1.78 bits per heavy atom. The fourth-order valence-electron chi connectivity index (χ4n) is 2.35. The Hall–Kier alpha value is -2.94. The van der Waals surface area contributed by atoms with Gasteiger partial charge < -0.3 is 19.4 Å². The molecular formula is C18H20N2O6S. The van der Waals surface area contributed by atoms with Gasteiger partial charge in [0.15, 0.2) is 0 Å². The van der Waals surface area contributed by atoms with E-state index in [0.717, 1.165) is 11.3 Å². The molecule has 8 nitrogen and oxygen atoms in total. The van der Waals surface area contributed by atoms with Crippen molar-refractivity contribution in [2.45, 2.75) is 27.3 Å². The maximum Gasteiger partial charge on any atom is 0.348 e. The Bertz CT molecular complexity index is 915. The average molecular weight is 392 g/mol. The quantitative estimate of drug-likeness (QED) is 0.725. The van der Waals surface area contributed by atoms with Gasteiger partial charge in [-0.2, -0.15) is 0 Å². The summed E-state index contributed by atoms with van der Waals surface area (Å²) in [7, 11) is 0. The number of aromatic nitrogens is 1. The highest BCUT2D eigenvalue weighted by atomic mass is 32.1. The van der Waals surface area contributed by atoms with Crippen molar-refractivity contribution in [2.75, 3.05) is 18.5 Å². The molecule has 0 bridgehead atoms. The van der Waals surface area contributed by atoms with Crippen LogP contribution in [0.4, 0.5) is 5.00 Å². The zero-order valence-corrected chi connectivity index (χ0v) is 16.1. The van der Waals surface area contributed by atoms with Crippen LogP contribution >= 0.6 is 11.3 Å². The van der Waals surface area contributed by atoms with Crippen LogP contribution in [0.15, 0.2) is 29.2 Å². The van der Waals surface area contributed by atoms with Crippen molar-refractivity contribution in [3.63, 3.8) is 0 Å². The van der Waals surface area contributed by atoms with Crippen molar-refractivity contribution in [1.29, 1.82) is 0 Å². The van der Waals surface area contributed by atoms with E-state index in [2.05, 4.69) is 5.32 Å². The Kier molecular flexibility index (Phi) is 6.89. The van der Waals surface area contributed by atoms with Crippen molar-refractivity contribution in [3.05, 3.63) is 50.8 Å². The number of amides is 1. The molecule has 2 rings (SSSR count). The summed E-state index contributed by atoms with van der Waals surface area (Å²) < 4.78 is 11.3. The van der Waals surface area contributed by atoms with Crippen LogP contribution < -0.4 is 10.9 Å². The molecule has 0 aromatic carbocycles. The van der Waals surface area contributed by atoms with Gasteiger partial charge in [0.25, 0.3) is 5.56 Å². The summed E-state index contributed by atoms with van der Waals surface area (Å²) in [5, 5.41) is 2.78. The Morgan fingerprint density at radius 1 is 1.11 bits per heavy atom. The number of pyridine rings is 1. The normalized spacial score (nSPS) is 10.3. The highest BCUT2D eigenvalue weighted by Gasteiger charge is 2.27. The predicted octanol–water partition coefficient (Wildman–Crippen LogP) is 2.21. The largest absolute Gasteiger partial charge is 0.462 e. The number of carbonyl (C=O) groups is 3. The third-order valence-electron chi connectivity index (χ3n) is 3.55. The molecule has 0 radical (unpaired) electrons. The van der Waals surface area contributed by atoms with E-state index in [9.17, 15) is 19.2 Å². The maximum atomic E-state index is 12.4. The lowest BCUT2D eigenvalue weighted by molar-refractivity contribution is -0.116. The molecule has 1 amide bonds. The molecule has 0 atom stereocenters. The van der Waals surface area contributed by atoms with Crippen molar-refractivity contribution < 1.29 is 23.9 Å². The molecule has 1 N–H and O–H groups in total. The highest BCUT2D eigenvalue weighted by Crippen LogP contribution is 2.34. The molecule has 2 aromatic rings. The molecule has 0 aliphatic heterocycles. The molecule has 2 aromatic heterocycles. The maximum absolute atomic E-state index is 12.4. The van der Waals surface area contributed by atoms with Gasteiger partial charge in [0.05, 0.1) is 18.8 Å². The molecule has 0 aliphatic carbocycles. The summed E-state index contributed by atoms with van der Waals surface area (Å²) in [6.45, 7) is 5.03. The lowest BCUT2D eigenvalue weighted by Crippen LogP contribution is -2.26. The van der Waals surface area contributed by atoms with Gasteiger partial charge in [-0.05, 0) is 32.4 Å². The zero-order valence-electron chi connectivity index (χ0n) is 15.2. The van der Waals surface area contributed by atoms with Crippen molar-refractivity contribution in [1.82, 2.24) is 4.57 Å². The molecular weight excluding hydrogens is 372 g/mol. The summed E-state index contributed by atoms with van der Waals surface area (Å²) in [4.78, 5) is 48.7. The molecule has 9 heteroatoms. The van der Waals surface area contributed by atoms with E-state index in [4.69, 9.17) is 9.47 Å². The number of ether oxygens (including phenoxy) is 2. The van der Waals surface area contributed by atoms with Crippen molar-refractivity contribution in [2.24, 2.45) is 0 Å². The number of esters is 2. The fourth-order valence-corrected chi connectivity index (χ4v) is 3.46. The smallest absolute Gasteiger partial charge is 0.348 e. The third kappa shape index (κ3) is 4.82. The van der Waals surface area contributed by atoms with E-state index in [-0.39, 0.29) is 40.8 Å². The second-order valence-electron chi connectivity index (χ2n) is 5.42. The minimum atomic E-state index is -0.644. The van der Waals surface area contributed by atoms with Crippen LogP contribution in [0.25, 0.3) is 0 Å². The minimum absolute atomic E-state index is 0.110. The van der Waals surface area contributed by atoms with E-state index in [1.54, 1.807) is 32.9 Å². The van der Waals surface area contributed by atoms with E-state index in [0.29, 0.717) is 5.56 Å². The summed E-state index contributed by atoms with van der Waals surface area (Å²) >= 11 is 0.937. The highest BCUT2D eigenvalue weighted by molar-refractivity contribution is 7.18. The molecule has 0 saturated carbocycles. The number of hydrogen-bond donors (Lipinski definition) is 1. The number of hydrogen-bond acceptors (Lipinski definition) is 7. The number of nitrogens with one attached hydrogen (secondary N) is 1. The van der Waals surface area contributed by atoms with E-state index >= 15 is 0 Å². The number of nitrogens with zero attached hydrogens (tertiary/aromatic N) is 1. The Balaban J connectivity index is 2.33. The van der Waals surface area contributed by atoms with Crippen molar-refractivity contribution in [3.8, 4) is 0 Å². The molecule has 0 unspecified atom stereocenters. The summed E-state index contributed by atoms with van der Waals surface area (Å²) in [6.07, 6.45) is 1.48. The van der Waals surface area contributed by atoms with Crippen LogP contribution in [0.1, 0.15) is 39.4 Å². The topological polar surface area (TPSA) is 104 Å².